The number of methoxy groups -OCH3 is 1. The van der Waals surface area contributed by atoms with Gasteiger partial charge in [-0.05, 0) is 54.7 Å². The Balaban J connectivity index is 1.76. The normalized spacial score (nSPS) is 18.3. The number of amides is 1. The topological polar surface area (TPSA) is 75.3 Å². The van der Waals surface area contributed by atoms with Gasteiger partial charge in [0.25, 0.3) is 0 Å². The van der Waals surface area contributed by atoms with E-state index < -0.39 is 0 Å². The fourth-order valence-electron chi connectivity index (χ4n) is 5.06. The second kappa shape index (κ2) is 9.48. The molecule has 0 atom stereocenters. The number of rotatable bonds is 6. The first kappa shape index (κ1) is 22.0. The van der Waals surface area contributed by atoms with Crippen LogP contribution in [-0.2, 0) is 11.2 Å². The van der Waals surface area contributed by atoms with Crippen LogP contribution < -0.4 is 10.1 Å². The summed E-state index contributed by atoms with van der Waals surface area (Å²) in [5.41, 5.74) is 4.50. The molecule has 32 heavy (non-hydrogen) atoms. The summed E-state index contributed by atoms with van der Waals surface area (Å²) < 4.78 is 12.2. The lowest BCUT2D eigenvalue weighted by atomic mass is 9.77. The minimum Gasteiger partial charge on any atom is -0.495 e. The molecule has 1 amide bonds. The molecule has 3 aromatic rings. The molecule has 0 spiro atoms. The van der Waals surface area contributed by atoms with Crippen LogP contribution in [0.15, 0.2) is 40.8 Å². The fourth-order valence-corrected chi connectivity index (χ4v) is 5.06. The lowest BCUT2D eigenvalue weighted by Crippen LogP contribution is -2.29. The minimum absolute atomic E-state index is 0.0212. The van der Waals surface area contributed by atoms with Crippen molar-refractivity contribution in [3.8, 4) is 22.9 Å². The number of hydrogen-bond donors (Lipinski definition) is 1. The molecule has 4 rings (SSSR count). The van der Waals surface area contributed by atoms with Crippen LogP contribution in [0.4, 0.5) is 0 Å². The van der Waals surface area contributed by atoms with Gasteiger partial charge in [0.1, 0.15) is 23.2 Å². The van der Waals surface area contributed by atoms with Crippen molar-refractivity contribution in [3.63, 3.8) is 0 Å². The van der Waals surface area contributed by atoms with Crippen molar-refractivity contribution in [2.75, 3.05) is 13.7 Å². The van der Waals surface area contributed by atoms with Crippen LogP contribution in [0, 0.1) is 17.2 Å². The highest BCUT2D eigenvalue weighted by Crippen LogP contribution is 2.47. The van der Waals surface area contributed by atoms with Crippen molar-refractivity contribution in [2.45, 2.75) is 51.9 Å². The molecular weight excluding hydrogens is 400 g/mol. The number of furan rings is 1. The molecule has 0 saturated heterocycles. The third-order valence-corrected chi connectivity index (χ3v) is 6.66. The Morgan fingerprint density at radius 3 is 2.53 bits per heavy atom. The van der Waals surface area contributed by atoms with Crippen LogP contribution >= 0.6 is 0 Å². The molecule has 1 aliphatic carbocycles. The van der Waals surface area contributed by atoms with Gasteiger partial charge in [0.05, 0.1) is 18.1 Å². The monoisotopic (exact) mass is 430 g/mol. The van der Waals surface area contributed by atoms with E-state index in [2.05, 4.69) is 36.5 Å². The Hall–Kier alpha value is -3.26. The first-order valence-electron chi connectivity index (χ1n) is 11.4. The SMILES string of the molecule is CCc1oc2cc(C3CCC(CNC(C)=O)CC3)c(C#N)c(OC)c2c1-c1ccccc1. The number of carbonyl (C=O) groups is 1. The molecule has 0 radical (unpaired) electrons. The summed E-state index contributed by atoms with van der Waals surface area (Å²) in [5, 5.41) is 14.0. The average molecular weight is 431 g/mol. The largest absolute Gasteiger partial charge is 0.495 e. The van der Waals surface area contributed by atoms with Gasteiger partial charge in [0.15, 0.2) is 0 Å². The zero-order valence-electron chi connectivity index (χ0n) is 19.0. The third-order valence-electron chi connectivity index (χ3n) is 6.66. The number of nitrogens with zero attached hydrogens (tertiary/aromatic N) is 1. The van der Waals surface area contributed by atoms with Gasteiger partial charge < -0.3 is 14.5 Å². The minimum atomic E-state index is 0.0212. The maximum Gasteiger partial charge on any atom is 0.216 e. The molecule has 1 fully saturated rings. The predicted octanol–water partition coefficient (Wildman–Crippen LogP) is 5.95. The van der Waals surface area contributed by atoms with Gasteiger partial charge in [-0.25, -0.2) is 0 Å². The molecule has 1 N–H and O–H groups in total. The van der Waals surface area contributed by atoms with Gasteiger partial charge in [-0.1, -0.05) is 37.3 Å². The van der Waals surface area contributed by atoms with Crippen LogP contribution in [-0.4, -0.2) is 19.6 Å². The fraction of sp³-hybridized carbons (Fsp3) is 0.407. The Labute approximate surface area is 189 Å². The molecular formula is C27H30N2O3. The van der Waals surface area contributed by atoms with E-state index in [1.54, 1.807) is 14.0 Å². The maximum atomic E-state index is 11.2. The molecule has 1 aliphatic rings. The second-order valence-electron chi connectivity index (χ2n) is 8.63. The number of carbonyl (C=O) groups excluding carboxylic acids is 1. The highest BCUT2D eigenvalue weighted by molar-refractivity contribution is 6.02. The second-order valence-corrected chi connectivity index (χ2v) is 8.63. The Morgan fingerprint density at radius 1 is 1.22 bits per heavy atom. The number of fused-ring (bicyclic) bond motifs is 1. The van der Waals surface area contributed by atoms with E-state index in [0.717, 1.165) is 72.1 Å². The van der Waals surface area contributed by atoms with E-state index in [9.17, 15) is 10.1 Å². The van der Waals surface area contributed by atoms with Gasteiger partial charge in [-0.3, -0.25) is 4.79 Å². The first-order chi connectivity index (χ1) is 15.6. The predicted molar refractivity (Wildman–Crippen MR) is 126 cm³/mol. The van der Waals surface area contributed by atoms with Crippen molar-refractivity contribution in [1.82, 2.24) is 5.32 Å². The van der Waals surface area contributed by atoms with Crippen molar-refractivity contribution in [2.24, 2.45) is 5.92 Å². The van der Waals surface area contributed by atoms with Gasteiger partial charge in [-0.2, -0.15) is 5.26 Å². The molecule has 1 heterocycles. The number of nitriles is 1. The molecule has 166 valence electrons. The molecule has 0 unspecified atom stereocenters. The Morgan fingerprint density at radius 2 is 1.94 bits per heavy atom. The number of aryl methyl sites for hydroxylation is 1. The van der Waals surface area contributed by atoms with E-state index in [1.165, 1.54) is 0 Å². The van der Waals surface area contributed by atoms with Crippen LogP contribution in [0.3, 0.4) is 0 Å². The number of nitrogens with one attached hydrogen (secondary N) is 1. The zero-order chi connectivity index (χ0) is 22.7. The molecule has 1 saturated carbocycles. The first-order valence-corrected chi connectivity index (χ1v) is 11.4. The van der Waals surface area contributed by atoms with Crippen LogP contribution in [0.5, 0.6) is 5.75 Å². The Bertz CT molecular complexity index is 1150. The standard InChI is InChI=1S/C27H30N2O3/c1-4-23-25(20-8-6-5-7-9-20)26-24(32-23)14-21(22(15-28)27(26)31-3)19-12-10-18(11-13-19)16-29-17(2)30/h5-9,14,18-19H,4,10-13,16H2,1-3H3,(H,29,30). The summed E-state index contributed by atoms with van der Waals surface area (Å²) in [7, 11) is 1.64. The molecule has 5 nitrogen and oxygen atoms in total. The van der Waals surface area contributed by atoms with Crippen LogP contribution in [0.2, 0.25) is 0 Å². The lowest BCUT2D eigenvalue weighted by molar-refractivity contribution is -0.119. The highest BCUT2D eigenvalue weighted by atomic mass is 16.5. The maximum absolute atomic E-state index is 11.2. The summed E-state index contributed by atoms with van der Waals surface area (Å²) in [6, 6.07) is 14.7. The van der Waals surface area contributed by atoms with E-state index in [-0.39, 0.29) is 11.8 Å². The molecule has 5 heteroatoms. The summed E-state index contributed by atoms with van der Waals surface area (Å²) in [5.74, 6) is 2.32. The van der Waals surface area contributed by atoms with Gasteiger partial charge >= 0.3 is 0 Å². The number of benzene rings is 2. The van der Waals surface area contributed by atoms with Gasteiger partial charge in [-0.15, -0.1) is 0 Å². The third kappa shape index (κ3) is 4.10. The van der Waals surface area contributed by atoms with Gasteiger partial charge in [0, 0.05) is 25.5 Å². The van der Waals surface area contributed by atoms with E-state index in [1.807, 2.05) is 18.2 Å². The van der Waals surface area contributed by atoms with Crippen molar-refractivity contribution >= 4 is 16.9 Å². The quantitative estimate of drug-likeness (QED) is 0.524. The molecule has 2 aromatic carbocycles. The summed E-state index contributed by atoms with van der Waals surface area (Å²) in [4.78, 5) is 11.2. The van der Waals surface area contributed by atoms with Crippen molar-refractivity contribution < 1.29 is 13.9 Å². The van der Waals surface area contributed by atoms with Gasteiger partial charge in [0.2, 0.25) is 5.91 Å². The number of ether oxygens (including phenoxy) is 1. The summed E-state index contributed by atoms with van der Waals surface area (Å²) in [6.45, 7) is 4.37. The van der Waals surface area contributed by atoms with Crippen molar-refractivity contribution in [1.29, 1.82) is 5.26 Å². The lowest BCUT2D eigenvalue weighted by Gasteiger charge is -2.29. The van der Waals surface area contributed by atoms with E-state index in [0.29, 0.717) is 17.2 Å². The molecule has 0 aliphatic heterocycles. The smallest absolute Gasteiger partial charge is 0.216 e. The van der Waals surface area contributed by atoms with Crippen LogP contribution in [0.1, 0.15) is 62.3 Å². The molecule has 0 bridgehead atoms. The average Bonchev–Trinajstić information content (AvgIpc) is 3.20. The van der Waals surface area contributed by atoms with Crippen molar-refractivity contribution in [3.05, 3.63) is 53.3 Å². The number of hydrogen-bond acceptors (Lipinski definition) is 4. The molecule has 1 aromatic heterocycles. The van der Waals surface area contributed by atoms with Crippen LogP contribution in [0.25, 0.3) is 22.1 Å². The summed E-state index contributed by atoms with van der Waals surface area (Å²) in [6.07, 6.45) is 4.79. The zero-order valence-corrected chi connectivity index (χ0v) is 19.0. The van der Waals surface area contributed by atoms with E-state index in [4.69, 9.17) is 9.15 Å². The van der Waals surface area contributed by atoms with E-state index >= 15 is 0 Å². The highest BCUT2D eigenvalue weighted by Gasteiger charge is 2.29. The summed E-state index contributed by atoms with van der Waals surface area (Å²) >= 11 is 0. The Kier molecular flexibility index (Phi) is 6.50.